The van der Waals surface area contributed by atoms with Crippen LogP contribution in [-0.2, 0) is 19.5 Å². The monoisotopic (exact) mass is 309 g/mol. The normalized spacial score (nSPS) is 15.5. The molecule has 0 unspecified atom stereocenters. The number of halogens is 1. The Morgan fingerprint density at radius 3 is 2.76 bits per heavy atom. The quantitative estimate of drug-likeness (QED) is 0.737. The van der Waals surface area contributed by atoms with Gasteiger partial charge in [0.2, 0.25) is 0 Å². The number of likely N-dealkylation sites (N-methyl/N-ethyl adjacent to an activating group) is 1. The summed E-state index contributed by atoms with van der Waals surface area (Å²) < 4.78 is 4.38. The van der Waals surface area contributed by atoms with Crippen molar-refractivity contribution in [1.82, 2.24) is 24.2 Å². The van der Waals surface area contributed by atoms with Crippen LogP contribution in [0.2, 0.25) is 0 Å². The molecule has 0 atom stereocenters. The molecule has 1 fully saturated rings. The van der Waals surface area contributed by atoms with Crippen molar-refractivity contribution in [1.29, 1.82) is 0 Å². The lowest BCUT2D eigenvalue weighted by Crippen LogP contribution is -2.26. The Morgan fingerprint density at radius 2 is 2.14 bits per heavy atom. The Labute approximate surface area is 130 Å². The first-order chi connectivity index (χ1) is 10.2. The highest BCUT2D eigenvalue weighted by Crippen LogP contribution is 2.26. The SMILES string of the molecule is CCn1nc(C)c2nc(CCCl)n(CCN(C)C3CC3)c21. The molecule has 2 aromatic heterocycles. The molecule has 6 heteroatoms. The van der Waals surface area contributed by atoms with Crippen LogP contribution in [0.25, 0.3) is 11.2 Å². The van der Waals surface area contributed by atoms with E-state index in [1.54, 1.807) is 0 Å². The zero-order chi connectivity index (χ0) is 15.0. The van der Waals surface area contributed by atoms with Crippen molar-refractivity contribution in [2.45, 2.75) is 52.2 Å². The van der Waals surface area contributed by atoms with Gasteiger partial charge in [0.25, 0.3) is 0 Å². The molecule has 1 saturated carbocycles. The van der Waals surface area contributed by atoms with Crippen molar-refractivity contribution in [2.75, 3.05) is 19.5 Å². The molecular weight excluding hydrogens is 286 g/mol. The van der Waals surface area contributed by atoms with Crippen molar-refractivity contribution in [3.8, 4) is 0 Å². The van der Waals surface area contributed by atoms with Crippen molar-refractivity contribution >= 4 is 22.8 Å². The Hall–Kier alpha value is -1.07. The van der Waals surface area contributed by atoms with E-state index in [4.69, 9.17) is 16.6 Å². The minimum absolute atomic E-state index is 0.608. The zero-order valence-corrected chi connectivity index (χ0v) is 13.9. The van der Waals surface area contributed by atoms with Crippen molar-refractivity contribution in [3.05, 3.63) is 11.5 Å². The van der Waals surface area contributed by atoms with Gasteiger partial charge in [-0.1, -0.05) is 0 Å². The summed E-state index contributed by atoms with van der Waals surface area (Å²) in [4.78, 5) is 7.24. The van der Waals surface area contributed by atoms with Crippen LogP contribution in [-0.4, -0.2) is 49.7 Å². The van der Waals surface area contributed by atoms with Gasteiger partial charge < -0.3 is 9.47 Å². The topological polar surface area (TPSA) is 38.9 Å². The van der Waals surface area contributed by atoms with Crippen LogP contribution in [0.3, 0.4) is 0 Å². The van der Waals surface area contributed by atoms with E-state index in [1.807, 2.05) is 6.92 Å². The van der Waals surface area contributed by atoms with Crippen LogP contribution in [0.15, 0.2) is 0 Å². The average Bonchev–Trinajstić information content (AvgIpc) is 3.20. The number of aryl methyl sites for hydroxylation is 3. The fourth-order valence-corrected chi connectivity index (χ4v) is 3.13. The number of nitrogens with zero attached hydrogens (tertiary/aromatic N) is 5. The summed E-state index contributed by atoms with van der Waals surface area (Å²) in [5.41, 5.74) is 3.20. The Bertz CT molecular complexity index is 626. The smallest absolute Gasteiger partial charge is 0.158 e. The fraction of sp³-hybridized carbons (Fsp3) is 0.733. The van der Waals surface area contributed by atoms with Gasteiger partial charge in [0, 0.05) is 38.0 Å². The molecule has 0 saturated heterocycles. The highest BCUT2D eigenvalue weighted by atomic mass is 35.5. The first kappa shape index (κ1) is 14.9. The molecule has 5 nitrogen and oxygen atoms in total. The van der Waals surface area contributed by atoms with E-state index in [0.717, 1.165) is 54.8 Å². The number of alkyl halides is 1. The standard InChI is InChI=1S/C15H24ClN5/c1-4-21-15-14(11(2)18-21)17-13(7-8-16)20(15)10-9-19(3)12-5-6-12/h12H,4-10H2,1-3H3. The fourth-order valence-electron chi connectivity index (χ4n) is 2.96. The van der Waals surface area contributed by atoms with E-state index in [9.17, 15) is 0 Å². The largest absolute Gasteiger partial charge is 0.312 e. The summed E-state index contributed by atoms with van der Waals surface area (Å²) in [5.74, 6) is 1.70. The Morgan fingerprint density at radius 1 is 1.38 bits per heavy atom. The van der Waals surface area contributed by atoms with Crippen molar-refractivity contribution < 1.29 is 0 Å². The molecule has 1 aliphatic carbocycles. The number of rotatable bonds is 7. The summed E-state index contributed by atoms with van der Waals surface area (Å²) in [6.07, 6.45) is 3.50. The van der Waals surface area contributed by atoms with Gasteiger partial charge in [-0.25, -0.2) is 9.67 Å². The van der Waals surface area contributed by atoms with Gasteiger partial charge >= 0.3 is 0 Å². The number of hydrogen-bond donors (Lipinski definition) is 0. The molecule has 0 N–H and O–H groups in total. The van der Waals surface area contributed by atoms with E-state index in [2.05, 4.69) is 33.2 Å². The zero-order valence-electron chi connectivity index (χ0n) is 13.1. The summed E-state index contributed by atoms with van der Waals surface area (Å²) in [6.45, 7) is 7.04. The third-order valence-corrected chi connectivity index (χ3v) is 4.53. The Balaban J connectivity index is 1.93. The Kier molecular flexibility index (Phi) is 4.22. The molecule has 0 spiro atoms. The van der Waals surface area contributed by atoms with E-state index in [0.29, 0.717) is 5.88 Å². The molecule has 2 aromatic rings. The van der Waals surface area contributed by atoms with Crippen molar-refractivity contribution in [3.63, 3.8) is 0 Å². The van der Waals surface area contributed by atoms with Crippen molar-refractivity contribution in [2.24, 2.45) is 0 Å². The number of fused-ring (bicyclic) bond motifs is 1. The summed E-state index contributed by atoms with van der Waals surface area (Å²) >= 11 is 5.95. The van der Waals surface area contributed by atoms with Gasteiger partial charge in [0.05, 0.1) is 5.69 Å². The molecule has 2 heterocycles. The highest BCUT2D eigenvalue weighted by Gasteiger charge is 2.26. The molecular formula is C15H24ClN5. The third-order valence-electron chi connectivity index (χ3n) is 4.34. The molecule has 0 radical (unpaired) electrons. The van der Waals surface area contributed by atoms with Gasteiger partial charge in [-0.15, -0.1) is 11.6 Å². The van der Waals surface area contributed by atoms with Gasteiger partial charge in [0.15, 0.2) is 5.65 Å². The first-order valence-electron chi connectivity index (χ1n) is 7.84. The molecule has 1 aliphatic rings. The van der Waals surface area contributed by atoms with Gasteiger partial charge in [-0.2, -0.15) is 5.10 Å². The van der Waals surface area contributed by atoms with E-state index in [1.165, 1.54) is 12.8 Å². The van der Waals surface area contributed by atoms with Gasteiger partial charge in [-0.05, 0) is 33.7 Å². The molecule has 0 aromatic carbocycles. The minimum Gasteiger partial charge on any atom is -0.312 e. The molecule has 0 bridgehead atoms. The molecule has 0 amide bonds. The van der Waals surface area contributed by atoms with Gasteiger partial charge in [0.1, 0.15) is 11.3 Å². The lowest BCUT2D eigenvalue weighted by atomic mass is 10.4. The lowest BCUT2D eigenvalue weighted by Gasteiger charge is -2.17. The predicted molar refractivity (Wildman–Crippen MR) is 86.0 cm³/mol. The number of aromatic nitrogens is 4. The van der Waals surface area contributed by atoms with Crippen LogP contribution >= 0.6 is 11.6 Å². The maximum Gasteiger partial charge on any atom is 0.158 e. The van der Waals surface area contributed by atoms with Crippen LogP contribution < -0.4 is 0 Å². The van der Waals surface area contributed by atoms with Crippen LogP contribution in [0.5, 0.6) is 0 Å². The minimum atomic E-state index is 0.608. The van der Waals surface area contributed by atoms with E-state index in [-0.39, 0.29) is 0 Å². The molecule has 0 aliphatic heterocycles. The second kappa shape index (κ2) is 5.97. The number of imidazole rings is 1. The maximum atomic E-state index is 5.95. The lowest BCUT2D eigenvalue weighted by molar-refractivity contribution is 0.308. The second-order valence-electron chi connectivity index (χ2n) is 5.90. The molecule has 116 valence electrons. The highest BCUT2D eigenvalue weighted by molar-refractivity contribution is 6.17. The van der Waals surface area contributed by atoms with E-state index < -0.39 is 0 Å². The second-order valence-corrected chi connectivity index (χ2v) is 6.28. The summed E-state index contributed by atoms with van der Waals surface area (Å²) in [6, 6.07) is 0.790. The van der Waals surface area contributed by atoms with Gasteiger partial charge in [-0.3, -0.25) is 0 Å². The number of hydrogen-bond acceptors (Lipinski definition) is 3. The first-order valence-corrected chi connectivity index (χ1v) is 8.37. The third kappa shape index (κ3) is 2.81. The predicted octanol–water partition coefficient (Wildman–Crippen LogP) is 2.44. The summed E-state index contributed by atoms with van der Waals surface area (Å²) in [5, 5.41) is 4.59. The van der Waals surface area contributed by atoms with Crippen LogP contribution in [0.4, 0.5) is 0 Å². The molecule has 21 heavy (non-hydrogen) atoms. The molecule has 3 rings (SSSR count). The maximum absolute atomic E-state index is 5.95. The van der Waals surface area contributed by atoms with Crippen LogP contribution in [0, 0.1) is 6.92 Å². The van der Waals surface area contributed by atoms with Crippen LogP contribution in [0.1, 0.15) is 31.3 Å². The average molecular weight is 310 g/mol. The van der Waals surface area contributed by atoms with E-state index >= 15 is 0 Å². The summed E-state index contributed by atoms with van der Waals surface area (Å²) in [7, 11) is 2.22.